The van der Waals surface area contributed by atoms with Gasteiger partial charge in [-0.2, -0.15) is 0 Å². The smallest absolute Gasteiger partial charge is 0.232 e. The Labute approximate surface area is 126 Å². The van der Waals surface area contributed by atoms with Gasteiger partial charge in [-0.1, -0.05) is 13.8 Å². The first kappa shape index (κ1) is 15.8. The molecule has 116 valence electrons. The van der Waals surface area contributed by atoms with E-state index in [0.717, 1.165) is 30.6 Å². The Morgan fingerprint density at radius 3 is 2.76 bits per heavy atom. The maximum Gasteiger partial charge on any atom is 0.232 e. The largest absolute Gasteiger partial charge is 0.312 e. The number of aryl methyl sites for hydroxylation is 1. The molecule has 0 unspecified atom stereocenters. The van der Waals surface area contributed by atoms with Crippen molar-refractivity contribution in [2.24, 2.45) is 0 Å². The first-order valence-electron chi connectivity index (χ1n) is 7.40. The normalized spacial score (nSPS) is 14.7. The van der Waals surface area contributed by atoms with Crippen molar-refractivity contribution in [3.05, 3.63) is 23.8 Å². The molecule has 1 aliphatic heterocycles. The molecule has 0 bridgehead atoms. The van der Waals surface area contributed by atoms with Crippen molar-refractivity contribution < 1.29 is 13.2 Å². The minimum Gasteiger partial charge on any atom is -0.312 e. The maximum absolute atomic E-state index is 11.9. The SMILES string of the molecule is CCCS(=O)(=O)Nc1ccc2c(c1)CCCN2C(=O)CC. The van der Waals surface area contributed by atoms with E-state index in [1.807, 2.05) is 26.0 Å². The molecule has 1 aliphatic rings. The number of fused-ring (bicyclic) bond motifs is 1. The summed E-state index contributed by atoms with van der Waals surface area (Å²) in [5.41, 5.74) is 2.51. The lowest BCUT2D eigenvalue weighted by Gasteiger charge is -2.29. The van der Waals surface area contributed by atoms with Crippen LogP contribution in [0.2, 0.25) is 0 Å². The topological polar surface area (TPSA) is 66.5 Å². The van der Waals surface area contributed by atoms with Crippen molar-refractivity contribution in [3.8, 4) is 0 Å². The number of carbonyl (C=O) groups is 1. The molecule has 0 aliphatic carbocycles. The zero-order chi connectivity index (χ0) is 15.5. The van der Waals surface area contributed by atoms with Crippen LogP contribution < -0.4 is 9.62 Å². The molecule has 1 heterocycles. The molecule has 2 rings (SSSR count). The Morgan fingerprint density at radius 1 is 1.33 bits per heavy atom. The van der Waals surface area contributed by atoms with Crippen molar-refractivity contribution in [1.82, 2.24) is 0 Å². The molecule has 0 aromatic heterocycles. The van der Waals surface area contributed by atoms with E-state index in [1.54, 1.807) is 11.0 Å². The molecule has 0 atom stereocenters. The lowest BCUT2D eigenvalue weighted by Crippen LogP contribution is -2.34. The van der Waals surface area contributed by atoms with Gasteiger partial charge in [0.1, 0.15) is 0 Å². The fourth-order valence-electron chi connectivity index (χ4n) is 2.61. The standard InChI is InChI=1S/C15H22N2O3S/c1-3-10-21(19,20)16-13-7-8-14-12(11-13)6-5-9-17(14)15(18)4-2/h7-8,11,16H,3-6,9-10H2,1-2H3. The molecule has 21 heavy (non-hydrogen) atoms. The number of nitrogens with zero attached hydrogens (tertiary/aromatic N) is 1. The molecule has 5 nitrogen and oxygen atoms in total. The summed E-state index contributed by atoms with van der Waals surface area (Å²) in [7, 11) is -3.28. The summed E-state index contributed by atoms with van der Waals surface area (Å²) in [6.45, 7) is 4.42. The molecule has 0 saturated heterocycles. The van der Waals surface area contributed by atoms with Crippen molar-refractivity contribution in [3.63, 3.8) is 0 Å². The van der Waals surface area contributed by atoms with Crippen molar-refractivity contribution in [1.29, 1.82) is 0 Å². The van der Waals surface area contributed by atoms with Crippen LogP contribution >= 0.6 is 0 Å². The molecular formula is C15H22N2O3S. The number of amides is 1. The summed E-state index contributed by atoms with van der Waals surface area (Å²) >= 11 is 0. The Bertz CT molecular complexity index is 626. The van der Waals surface area contributed by atoms with E-state index in [1.165, 1.54) is 0 Å². The first-order chi connectivity index (χ1) is 9.96. The summed E-state index contributed by atoms with van der Waals surface area (Å²) in [5.74, 6) is 0.222. The van der Waals surface area contributed by atoms with Crippen LogP contribution in [0.5, 0.6) is 0 Å². The zero-order valence-electron chi connectivity index (χ0n) is 12.6. The number of anilines is 2. The van der Waals surface area contributed by atoms with Crippen LogP contribution in [0.15, 0.2) is 18.2 Å². The number of nitrogens with one attached hydrogen (secondary N) is 1. The highest BCUT2D eigenvalue weighted by Crippen LogP contribution is 2.30. The number of rotatable bonds is 5. The molecule has 1 aromatic rings. The van der Waals surface area contributed by atoms with Gasteiger partial charge in [-0.3, -0.25) is 9.52 Å². The third kappa shape index (κ3) is 3.75. The number of hydrogen-bond acceptors (Lipinski definition) is 3. The number of carbonyl (C=O) groups excluding carboxylic acids is 1. The Hall–Kier alpha value is -1.56. The van der Waals surface area contributed by atoms with Crippen molar-refractivity contribution >= 4 is 27.3 Å². The average molecular weight is 310 g/mol. The number of benzene rings is 1. The predicted octanol–water partition coefficient (Wildman–Crippen LogP) is 2.53. The Kier molecular flexibility index (Phi) is 4.88. The second-order valence-corrected chi connectivity index (χ2v) is 7.11. The fourth-order valence-corrected chi connectivity index (χ4v) is 3.74. The predicted molar refractivity (Wildman–Crippen MR) is 85.1 cm³/mol. The lowest BCUT2D eigenvalue weighted by atomic mass is 10.0. The van der Waals surface area contributed by atoms with Crippen LogP contribution in [0, 0.1) is 0 Å². The third-order valence-electron chi connectivity index (χ3n) is 3.55. The van der Waals surface area contributed by atoms with Gasteiger partial charge in [0.25, 0.3) is 0 Å². The van der Waals surface area contributed by atoms with Gasteiger partial charge in [0.15, 0.2) is 0 Å². The summed E-state index contributed by atoms with van der Waals surface area (Å²) < 4.78 is 26.2. The van der Waals surface area contributed by atoms with E-state index in [-0.39, 0.29) is 11.7 Å². The molecule has 1 N–H and O–H groups in total. The van der Waals surface area contributed by atoms with Crippen LogP contribution in [0.4, 0.5) is 11.4 Å². The second kappa shape index (κ2) is 6.47. The highest BCUT2D eigenvalue weighted by molar-refractivity contribution is 7.92. The Balaban J connectivity index is 2.25. The van der Waals surface area contributed by atoms with Crippen molar-refractivity contribution in [2.75, 3.05) is 21.9 Å². The van der Waals surface area contributed by atoms with Gasteiger partial charge in [0.2, 0.25) is 15.9 Å². The molecule has 6 heteroatoms. The summed E-state index contributed by atoms with van der Waals surface area (Å²) in [5, 5.41) is 0. The van der Waals surface area contributed by atoms with Crippen LogP contribution in [0.1, 0.15) is 38.7 Å². The second-order valence-electron chi connectivity index (χ2n) is 5.27. The molecule has 0 spiro atoms. The molecule has 1 aromatic carbocycles. The van der Waals surface area contributed by atoms with E-state index in [0.29, 0.717) is 18.5 Å². The zero-order valence-corrected chi connectivity index (χ0v) is 13.4. The van der Waals surface area contributed by atoms with E-state index in [9.17, 15) is 13.2 Å². The van der Waals surface area contributed by atoms with Gasteiger partial charge >= 0.3 is 0 Å². The molecule has 0 fully saturated rings. The van der Waals surface area contributed by atoms with Gasteiger partial charge < -0.3 is 4.90 Å². The number of sulfonamides is 1. The summed E-state index contributed by atoms with van der Waals surface area (Å²) in [4.78, 5) is 13.7. The van der Waals surface area contributed by atoms with E-state index in [4.69, 9.17) is 0 Å². The molecule has 0 saturated carbocycles. The minimum absolute atomic E-state index is 0.107. The summed E-state index contributed by atoms with van der Waals surface area (Å²) in [6, 6.07) is 5.41. The molecule has 0 radical (unpaired) electrons. The quantitative estimate of drug-likeness (QED) is 0.909. The fraction of sp³-hybridized carbons (Fsp3) is 0.533. The van der Waals surface area contributed by atoms with Crippen molar-refractivity contribution in [2.45, 2.75) is 39.5 Å². The summed E-state index contributed by atoms with van der Waals surface area (Å²) in [6.07, 6.45) is 2.83. The first-order valence-corrected chi connectivity index (χ1v) is 9.06. The van der Waals surface area contributed by atoms with E-state index in [2.05, 4.69) is 4.72 Å². The van der Waals surface area contributed by atoms with Gasteiger partial charge in [0, 0.05) is 24.3 Å². The Morgan fingerprint density at radius 2 is 2.10 bits per heavy atom. The molecular weight excluding hydrogens is 288 g/mol. The van der Waals surface area contributed by atoms with Crippen LogP contribution in [0.3, 0.4) is 0 Å². The van der Waals surface area contributed by atoms with E-state index < -0.39 is 10.0 Å². The van der Waals surface area contributed by atoms with Gasteiger partial charge in [0.05, 0.1) is 5.75 Å². The third-order valence-corrected chi connectivity index (χ3v) is 5.04. The lowest BCUT2D eigenvalue weighted by molar-refractivity contribution is -0.118. The highest BCUT2D eigenvalue weighted by atomic mass is 32.2. The average Bonchev–Trinajstić information content (AvgIpc) is 2.45. The van der Waals surface area contributed by atoms with E-state index >= 15 is 0 Å². The highest BCUT2D eigenvalue weighted by Gasteiger charge is 2.22. The maximum atomic E-state index is 11.9. The van der Waals surface area contributed by atoms with Crippen LogP contribution in [-0.2, 0) is 21.2 Å². The van der Waals surface area contributed by atoms with Crippen LogP contribution in [0.25, 0.3) is 0 Å². The van der Waals surface area contributed by atoms with Crippen LogP contribution in [-0.4, -0.2) is 26.6 Å². The minimum atomic E-state index is -3.28. The molecule has 1 amide bonds. The number of hydrogen-bond donors (Lipinski definition) is 1. The van der Waals surface area contributed by atoms with Gasteiger partial charge in [-0.05, 0) is 43.0 Å². The monoisotopic (exact) mass is 310 g/mol. The van der Waals surface area contributed by atoms with Gasteiger partial charge in [-0.25, -0.2) is 8.42 Å². The van der Waals surface area contributed by atoms with Gasteiger partial charge in [-0.15, -0.1) is 0 Å².